The monoisotopic (exact) mass is 282 g/mol. The Balaban J connectivity index is 2.19. The molecule has 0 bridgehead atoms. The Bertz CT molecular complexity index is 705. The highest BCUT2D eigenvalue weighted by molar-refractivity contribution is 6.05. The van der Waals surface area contributed by atoms with Crippen molar-refractivity contribution in [2.45, 2.75) is 6.92 Å². The van der Waals surface area contributed by atoms with E-state index in [0.29, 0.717) is 22.6 Å². The van der Waals surface area contributed by atoms with Crippen LogP contribution in [-0.4, -0.2) is 17.6 Å². The molecule has 2 aromatic rings. The maximum atomic E-state index is 12.2. The third-order valence-corrected chi connectivity index (χ3v) is 2.89. The van der Waals surface area contributed by atoms with E-state index in [9.17, 15) is 9.90 Å². The topological polar surface area (TPSA) is 82.3 Å². The van der Waals surface area contributed by atoms with E-state index in [0.717, 1.165) is 0 Å². The van der Waals surface area contributed by atoms with Gasteiger partial charge >= 0.3 is 0 Å². The van der Waals surface area contributed by atoms with E-state index in [1.807, 2.05) is 6.07 Å². The van der Waals surface area contributed by atoms with Crippen molar-refractivity contribution in [1.82, 2.24) is 0 Å². The zero-order chi connectivity index (χ0) is 15.2. The second-order valence-electron chi connectivity index (χ2n) is 4.40. The van der Waals surface area contributed by atoms with E-state index in [-0.39, 0.29) is 18.3 Å². The average molecular weight is 282 g/mol. The van der Waals surface area contributed by atoms with E-state index >= 15 is 0 Å². The van der Waals surface area contributed by atoms with E-state index in [4.69, 9.17) is 10.00 Å². The zero-order valence-electron chi connectivity index (χ0n) is 11.5. The predicted molar refractivity (Wildman–Crippen MR) is 78.3 cm³/mol. The molecule has 2 aromatic carbocycles. The number of aromatic hydroxyl groups is 1. The minimum atomic E-state index is -0.314. The number of anilines is 1. The maximum absolute atomic E-state index is 12.2. The van der Waals surface area contributed by atoms with Crippen LogP contribution in [0.25, 0.3) is 0 Å². The summed E-state index contributed by atoms with van der Waals surface area (Å²) in [4.78, 5) is 12.2. The van der Waals surface area contributed by atoms with E-state index in [1.54, 1.807) is 37.3 Å². The van der Waals surface area contributed by atoms with Gasteiger partial charge in [-0.1, -0.05) is 12.1 Å². The standard InChI is InChI=1S/C16H14N2O3/c1-11-10-12(6-7-14(11)19)16(20)18-13-4-2-3-5-15(13)21-9-8-17/h2-7,10,19H,9H2,1H3,(H,18,20). The predicted octanol–water partition coefficient (Wildman–Crippen LogP) is 2.86. The summed E-state index contributed by atoms with van der Waals surface area (Å²) in [5.41, 5.74) is 1.54. The van der Waals surface area contributed by atoms with Crippen molar-refractivity contribution < 1.29 is 14.6 Å². The molecule has 106 valence electrons. The molecule has 5 nitrogen and oxygen atoms in total. The fourth-order valence-corrected chi connectivity index (χ4v) is 1.80. The number of ether oxygens (including phenoxy) is 1. The number of carbonyl (C=O) groups excluding carboxylic acids is 1. The van der Waals surface area contributed by atoms with Crippen LogP contribution in [0, 0.1) is 18.3 Å². The first-order valence-corrected chi connectivity index (χ1v) is 6.31. The molecule has 0 atom stereocenters. The highest BCUT2D eigenvalue weighted by Crippen LogP contribution is 2.25. The molecule has 0 fully saturated rings. The van der Waals surface area contributed by atoms with Gasteiger partial charge in [0, 0.05) is 5.56 Å². The molecule has 0 radical (unpaired) electrons. The largest absolute Gasteiger partial charge is 0.508 e. The lowest BCUT2D eigenvalue weighted by atomic mass is 10.1. The lowest BCUT2D eigenvalue weighted by Gasteiger charge is -2.11. The molecule has 2 rings (SSSR count). The van der Waals surface area contributed by atoms with Crippen LogP contribution in [0.5, 0.6) is 11.5 Å². The third-order valence-electron chi connectivity index (χ3n) is 2.89. The zero-order valence-corrected chi connectivity index (χ0v) is 11.5. The van der Waals surface area contributed by atoms with Crippen molar-refractivity contribution >= 4 is 11.6 Å². The highest BCUT2D eigenvalue weighted by Gasteiger charge is 2.10. The van der Waals surface area contributed by atoms with Gasteiger partial charge in [0.05, 0.1) is 5.69 Å². The first-order valence-electron chi connectivity index (χ1n) is 6.31. The number of phenolic OH excluding ortho intramolecular Hbond substituents is 1. The van der Waals surface area contributed by atoms with Crippen LogP contribution >= 0.6 is 0 Å². The average Bonchev–Trinajstić information content (AvgIpc) is 2.49. The molecule has 21 heavy (non-hydrogen) atoms. The molecular weight excluding hydrogens is 268 g/mol. The van der Waals surface area contributed by atoms with Gasteiger partial charge in [0.1, 0.15) is 17.6 Å². The molecule has 0 spiro atoms. The Morgan fingerprint density at radius 2 is 2.10 bits per heavy atom. The van der Waals surface area contributed by atoms with Gasteiger partial charge in [-0.15, -0.1) is 0 Å². The number of amides is 1. The number of nitrogens with one attached hydrogen (secondary N) is 1. The molecule has 0 saturated carbocycles. The molecule has 5 heteroatoms. The summed E-state index contributed by atoms with van der Waals surface area (Å²) in [6.45, 7) is 1.63. The summed E-state index contributed by atoms with van der Waals surface area (Å²) in [7, 11) is 0. The second kappa shape index (κ2) is 6.44. The summed E-state index contributed by atoms with van der Waals surface area (Å²) < 4.78 is 5.25. The van der Waals surface area contributed by atoms with Crippen LogP contribution in [-0.2, 0) is 0 Å². The fourth-order valence-electron chi connectivity index (χ4n) is 1.80. The lowest BCUT2D eigenvalue weighted by Crippen LogP contribution is -2.13. The van der Waals surface area contributed by atoms with Gasteiger partial charge in [-0.25, -0.2) is 0 Å². The second-order valence-corrected chi connectivity index (χ2v) is 4.40. The van der Waals surface area contributed by atoms with Crippen molar-refractivity contribution in [3.05, 3.63) is 53.6 Å². The Morgan fingerprint density at radius 3 is 2.81 bits per heavy atom. The Labute approximate surface area is 122 Å². The van der Waals surface area contributed by atoms with E-state index in [1.165, 1.54) is 12.1 Å². The maximum Gasteiger partial charge on any atom is 0.255 e. The van der Waals surface area contributed by atoms with Gasteiger partial charge in [-0.3, -0.25) is 4.79 Å². The van der Waals surface area contributed by atoms with Crippen molar-refractivity contribution in [1.29, 1.82) is 5.26 Å². The molecule has 0 aliphatic heterocycles. The molecule has 0 aliphatic rings. The molecule has 0 saturated heterocycles. The van der Waals surface area contributed by atoms with Gasteiger partial charge in [0.25, 0.3) is 5.91 Å². The molecule has 0 aromatic heterocycles. The highest BCUT2D eigenvalue weighted by atomic mass is 16.5. The quantitative estimate of drug-likeness (QED) is 0.903. The van der Waals surface area contributed by atoms with Gasteiger partial charge in [0.2, 0.25) is 0 Å². The summed E-state index contributed by atoms with van der Waals surface area (Å²) >= 11 is 0. The van der Waals surface area contributed by atoms with Crippen molar-refractivity contribution in [3.8, 4) is 17.6 Å². The smallest absolute Gasteiger partial charge is 0.255 e. The van der Waals surface area contributed by atoms with Gasteiger partial charge in [-0.05, 0) is 42.8 Å². The Hall–Kier alpha value is -3.00. The number of carbonyl (C=O) groups is 1. The summed E-state index contributed by atoms with van der Waals surface area (Å²) in [5.74, 6) is 0.262. The normalized spacial score (nSPS) is 9.71. The Kier molecular flexibility index (Phi) is 4.42. The van der Waals surface area contributed by atoms with Crippen LogP contribution < -0.4 is 10.1 Å². The molecule has 0 unspecified atom stereocenters. The summed E-state index contributed by atoms with van der Waals surface area (Å²) in [6, 6.07) is 13.4. The summed E-state index contributed by atoms with van der Waals surface area (Å²) in [5, 5.41) is 20.8. The molecule has 1 amide bonds. The van der Waals surface area contributed by atoms with Crippen LogP contribution in [0.2, 0.25) is 0 Å². The van der Waals surface area contributed by atoms with Gasteiger partial charge < -0.3 is 15.2 Å². The lowest BCUT2D eigenvalue weighted by molar-refractivity contribution is 0.102. The first kappa shape index (κ1) is 14.4. The van der Waals surface area contributed by atoms with Gasteiger partial charge in [-0.2, -0.15) is 5.26 Å². The van der Waals surface area contributed by atoms with Crippen LogP contribution in [0.4, 0.5) is 5.69 Å². The van der Waals surface area contributed by atoms with Crippen molar-refractivity contribution in [2.24, 2.45) is 0 Å². The fraction of sp³-hybridized carbons (Fsp3) is 0.125. The Morgan fingerprint density at radius 1 is 1.33 bits per heavy atom. The molecule has 0 aliphatic carbocycles. The van der Waals surface area contributed by atoms with Gasteiger partial charge in [0.15, 0.2) is 6.61 Å². The number of hydrogen-bond acceptors (Lipinski definition) is 4. The van der Waals surface area contributed by atoms with Crippen molar-refractivity contribution in [2.75, 3.05) is 11.9 Å². The van der Waals surface area contributed by atoms with E-state index < -0.39 is 0 Å². The first-order chi connectivity index (χ1) is 10.1. The number of rotatable bonds is 4. The molecule has 2 N–H and O–H groups in total. The minimum absolute atomic E-state index is 0.0921. The molecule has 0 heterocycles. The minimum Gasteiger partial charge on any atom is -0.508 e. The SMILES string of the molecule is Cc1cc(C(=O)Nc2ccccc2OCC#N)ccc1O. The number of nitriles is 1. The van der Waals surface area contributed by atoms with Crippen LogP contribution in [0.15, 0.2) is 42.5 Å². The third kappa shape index (κ3) is 3.51. The van der Waals surface area contributed by atoms with Crippen LogP contribution in [0.1, 0.15) is 15.9 Å². The summed E-state index contributed by atoms with van der Waals surface area (Å²) in [6.07, 6.45) is 0. The number of benzene rings is 2. The van der Waals surface area contributed by atoms with E-state index in [2.05, 4.69) is 5.32 Å². The number of nitrogens with zero attached hydrogens (tertiary/aromatic N) is 1. The number of aryl methyl sites for hydroxylation is 1. The number of hydrogen-bond donors (Lipinski definition) is 2. The van der Waals surface area contributed by atoms with Crippen molar-refractivity contribution in [3.63, 3.8) is 0 Å². The number of phenols is 1. The molecular formula is C16H14N2O3. The number of para-hydroxylation sites is 2. The van der Waals surface area contributed by atoms with Crippen LogP contribution in [0.3, 0.4) is 0 Å².